The van der Waals surface area contributed by atoms with E-state index in [1.54, 1.807) is 6.20 Å². The molecular weight excluding hydrogens is 222 g/mol. The molecule has 1 aromatic heterocycles. The monoisotopic (exact) mass is 235 g/mol. The molecule has 0 saturated carbocycles. The van der Waals surface area contributed by atoms with Gasteiger partial charge in [0.25, 0.3) is 0 Å². The molecule has 0 spiro atoms. The first-order valence-electron chi connectivity index (χ1n) is 5.16. The molecule has 84 valence electrons. The van der Waals surface area contributed by atoms with Gasteiger partial charge in [-0.15, -0.1) is 0 Å². The number of imidazole rings is 1. The molecule has 1 aromatic carbocycles. The molecule has 0 aliphatic heterocycles. The molecule has 1 unspecified atom stereocenters. The maximum atomic E-state index is 5.85. The number of benzene rings is 1. The van der Waals surface area contributed by atoms with Crippen LogP contribution in [0.2, 0.25) is 5.02 Å². The number of anilines is 1. The molecule has 1 heterocycles. The van der Waals surface area contributed by atoms with Gasteiger partial charge in [0.2, 0.25) is 5.95 Å². The van der Waals surface area contributed by atoms with Crippen LogP contribution in [0.4, 0.5) is 5.95 Å². The Morgan fingerprint density at radius 1 is 1.31 bits per heavy atom. The second-order valence-electron chi connectivity index (χ2n) is 3.78. The Morgan fingerprint density at radius 2 is 2.00 bits per heavy atom. The zero-order valence-electron chi connectivity index (χ0n) is 9.31. The van der Waals surface area contributed by atoms with E-state index in [2.05, 4.69) is 17.2 Å². The molecule has 0 fully saturated rings. The molecule has 0 amide bonds. The van der Waals surface area contributed by atoms with E-state index in [0.29, 0.717) is 0 Å². The number of rotatable bonds is 3. The molecule has 0 aliphatic carbocycles. The topological polar surface area (TPSA) is 29.9 Å². The fourth-order valence-electron chi connectivity index (χ4n) is 1.53. The SMILES string of the molecule is CC(Nc1nccn1C)c1ccc(Cl)cc1. The molecule has 16 heavy (non-hydrogen) atoms. The molecule has 0 saturated heterocycles. The van der Waals surface area contributed by atoms with Gasteiger partial charge in [-0.25, -0.2) is 4.98 Å². The van der Waals surface area contributed by atoms with Crippen molar-refractivity contribution >= 4 is 17.5 Å². The molecular formula is C12H14ClN3. The molecule has 0 bridgehead atoms. The van der Waals surface area contributed by atoms with E-state index in [1.807, 2.05) is 42.1 Å². The highest BCUT2D eigenvalue weighted by atomic mass is 35.5. The van der Waals surface area contributed by atoms with Crippen molar-refractivity contribution in [2.24, 2.45) is 7.05 Å². The van der Waals surface area contributed by atoms with E-state index in [0.717, 1.165) is 11.0 Å². The van der Waals surface area contributed by atoms with Crippen LogP contribution in [0.25, 0.3) is 0 Å². The van der Waals surface area contributed by atoms with E-state index in [1.165, 1.54) is 5.56 Å². The van der Waals surface area contributed by atoms with E-state index >= 15 is 0 Å². The lowest BCUT2D eigenvalue weighted by Crippen LogP contribution is -2.10. The Bertz CT molecular complexity index is 461. The molecule has 2 aromatic rings. The van der Waals surface area contributed by atoms with Crippen molar-refractivity contribution in [3.05, 3.63) is 47.2 Å². The minimum Gasteiger partial charge on any atom is -0.349 e. The van der Waals surface area contributed by atoms with Crippen molar-refractivity contribution in [1.82, 2.24) is 9.55 Å². The summed E-state index contributed by atoms with van der Waals surface area (Å²) in [4.78, 5) is 4.22. The van der Waals surface area contributed by atoms with Crippen molar-refractivity contribution in [3.8, 4) is 0 Å². The third-order valence-electron chi connectivity index (χ3n) is 2.54. The predicted octanol–water partition coefficient (Wildman–Crippen LogP) is 3.25. The molecule has 4 heteroatoms. The second kappa shape index (κ2) is 4.58. The number of nitrogens with zero attached hydrogens (tertiary/aromatic N) is 2. The summed E-state index contributed by atoms with van der Waals surface area (Å²) in [6.45, 7) is 2.10. The third-order valence-corrected chi connectivity index (χ3v) is 2.79. The van der Waals surface area contributed by atoms with Gasteiger partial charge in [0, 0.05) is 24.5 Å². The molecule has 2 rings (SSSR count). The van der Waals surface area contributed by atoms with Crippen LogP contribution in [0.15, 0.2) is 36.7 Å². The zero-order valence-corrected chi connectivity index (χ0v) is 10.1. The number of aryl methyl sites for hydroxylation is 1. The van der Waals surface area contributed by atoms with Gasteiger partial charge in [-0.1, -0.05) is 23.7 Å². The van der Waals surface area contributed by atoms with Gasteiger partial charge in [-0.3, -0.25) is 0 Å². The van der Waals surface area contributed by atoms with Crippen LogP contribution in [0.5, 0.6) is 0 Å². The van der Waals surface area contributed by atoms with Crippen molar-refractivity contribution in [2.45, 2.75) is 13.0 Å². The number of nitrogens with one attached hydrogen (secondary N) is 1. The minimum atomic E-state index is 0.207. The first kappa shape index (κ1) is 11.0. The number of aromatic nitrogens is 2. The average Bonchev–Trinajstić information content (AvgIpc) is 2.65. The van der Waals surface area contributed by atoms with Gasteiger partial charge in [-0.2, -0.15) is 0 Å². The smallest absolute Gasteiger partial charge is 0.202 e. The molecule has 0 aliphatic rings. The summed E-state index contributed by atoms with van der Waals surface area (Å²) < 4.78 is 1.95. The summed E-state index contributed by atoms with van der Waals surface area (Å²) in [5, 5.41) is 4.09. The summed E-state index contributed by atoms with van der Waals surface area (Å²) in [5.74, 6) is 0.863. The normalized spacial score (nSPS) is 12.4. The predicted molar refractivity (Wildman–Crippen MR) is 66.7 cm³/mol. The Balaban J connectivity index is 2.11. The Hall–Kier alpha value is -1.48. The first-order chi connectivity index (χ1) is 7.66. The molecule has 0 radical (unpaired) electrons. The van der Waals surface area contributed by atoms with Crippen LogP contribution < -0.4 is 5.32 Å². The van der Waals surface area contributed by atoms with Crippen molar-refractivity contribution in [1.29, 1.82) is 0 Å². The Kier molecular flexibility index (Phi) is 3.15. The van der Waals surface area contributed by atoms with Crippen molar-refractivity contribution < 1.29 is 0 Å². The maximum Gasteiger partial charge on any atom is 0.202 e. The summed E-state index contributed by atoms with van der Waals surface area (Å²) in [6, 6.07) is 8.03. The van der Waals surface area contributed by atoms with E-state index in [9.17, 15) is 0 Å². The second-order valence-corrected chi connectivity index (χ2v) is 4.22. The lowest BCUT2D eigenvalue weighted by molar-refractivity contribution is 0.823. The number of hydrogen-bond donors (Lipinski definition) is 1. The summed E-state index contributed by atoms with van der Waals surface area (Å²) in [5.41, 5.74) is 1.19. The first-order valence-corrected chi connectivity index (χ1v) is 5.54. The van der Waals surface area contributed by atoms with E-state index in [-0.39, 0.29) is 6.04 Å². The Morgan fingerprint density at radius 3 is 2.56 bits per heavy atom. The number of hydrogen-bond acceptors (Lipinski definition) is 2. The van der Waals surface area contributed by atoms with Gasteiger partial charge in [-0.05, 0) is 24.6 Å². The maximum absolute atomic E-state index is 5.85. The van der Waals surface area contributed by atoms with Gasteiger partial charge in [0.15, 0.2) is 0 Å². The van der Waals surface area contributed by atoms with Gasteiger partial charge < -0.3 is 9.88 Å². The summed E-state index contributed by atoms with van der Waals surface area (Å²) in [7, 11) is 1.96. The molecule has 1 N–H and O–H groups in total. The van der Waals surface area contributed by atoms with Crippen LogP contribution in [0.3, 0.4) is 0 Å². The lowest BCUT2D eigenvalue weighted by Gasteiger charge is -2.14. The van der Waals surface area contributed by atoms with Crippen LogP contribution in [-0.4, -0.2) is 9.55 Å². The van der Waals surface area contributed by atoms with Crippen molar-refractivity contribution in [3.63, 3.8) is 0 Å². The van der Waals surface area contributed by atoms with E-state index in [4.69, 9.17) is 11.6 Å². The minimum absolute atomic E-state index is 0.207. The molecule has 3 nitrogen and oxygen atoms in total. The highest BCUT2D eigenvalue weighted by molar-refractivity contribution is 6.30. The molecule has 1 atom stereocenters. The third kappa shape index (κ3) is 2.36. The van der Waals surface area contributed by atoms with Crippen LogP contribution in [0.1, 0.15) is 18.5 Å². The standard InChI is InChI=1S/C12H14ClN3/c1-9(10-3-5-11(13)6-4-10)15-12-14-7-8-16(12)2/h3-9H,1-2H3,(H,14,15). The van der Waals surface area contributed by atoms with Crippen LogP contribution in [0, 0.1) is 0 Å². The van der Waals surface area contributed by atoms with Gasteiger partial charge in [0.05, 0.1) is 6.04 Å². The largest absolute Gasteiger partial charge is 0.349 e. The lowest BCUT2D eigenvalue weighted by atomic mass is 10.1. The van der Waals surface area contributed by atoms with Crippen LogP contribution in [-0.2, 0) is 7.05 Å². The van der Waals surface area contributed by atoms with E-state index < -0.39 is 0 Å². The van der Waals surface area contributed by atoms with Gasteiger partial charge >= 0.3 is 0 Å². The Labute approximate surface area is 100 Å². The van der Waals surface area contributed by atoms with Crippen molar-refractivity contribution in [2.75, 3.05) is 5.32 Å². The quantitative estimate of drug-likeness (QED) is 0.885. The number of halogens is 1. The van der Waals surface area contributed by atoms with Gasteiger partial charge in [0.1, 0.15) is 0 Å². The van der Waals surface area contributed by atoms with Crippen LogP contribution >= 0.6 is 11.6 Å². The fraction of sp³-hybridized carbons (Fsp3) is 0.250. The fourth-order valence-corrected chi connectivity index (χ4v) is 1.66. The zero-order chi connectivity index (χ0) is 11.5. The average molecular weight is 236 g/mol. The highest BCUT2D eigenvalue weighted by Crippen LogP contribution is 2.19. The summed E-state index contributed by atoms with van der Waals surface area (Å²) in [6.07, 6.45) is 3.69. The summed E-state index contributed by atoms with van der Waals surface area (Å²) >= 11 is 5.85. The highest BCUT2D eigenvalue weighted by Gasteiger charge is 2.07.